The molecule has 18 heavy (non-hydrogen) atoms. The molecule has 0 aromatic carbocycles. The maximum atomic E-state index is 12.3. The molecule has 3 atom stereocenters. The first kappa shape index (κ1) is 15.0. The smallest absolute Gasteiger partial charge is 0.307 e. The van der Waals surface area contributed by atoms with Gasteiger partial charge in [-0.1, -0.05) is 6.92 Å². The number of nitrogens with zero attached hydrogens (tertiary/aromatic N) is 2. The summed E-state index contributed by atoms with van der Waals surface area (Å²) in [5.74, 6) is -1.38. The molecule has 5 nitrogen and oxygen atoms in total. The van der Waals surface area contributed by atoms with Crippen LogP contribution in [0.15, 0.2) is 0 Å². The second-order valence-corrected chi connectivity index (χ2v) is 5.69. The van der Waals surface area contributed by atoms with E-state index in [0.29, 0.717) is 25.3 Å². The Morgan fingerprint density at radius 1 is 1.11 bits per heavy atom. The Hall–Kier alpha value is -1.10. The molecule has 0 spiro atoms. The third-order valence-electron chi connectivity index (χ3n) is 3.69. The lowest BCUT2D eigenvalue weighted by Gasteiger charge is -2.24. The van der Waals surface area contributed by atoms with Crippen molar-refractivity contribution in [3.05, 3.63) is 0 Å². The van der Waals surface area contributed by atoms with Gasteiger partial charge in [-0.15, -0.1) is 0 Å². The van der Waals surface area contributed by atoms with E-state index >= 15 is 0 Å². The first-order valence-electron chi connectivity index (χ1n) is 6.45. The van der Waals surface area contributed by atoms with Gasteiger partial charge in [0.1, 0.15) is 0 Å². The zero-order valence-electron chi connectivity index (χ0n) is 11.7. The van der Waals surface area contributed by atoms with Gasteiger partial charge in [0.15, 0.2) is 0 Å². The van der Waals surface area contributed by atoms with Crippen LogP contribution in [0.4, 0.5) is 0 Å². The third-order valence-corrected chi connectivity index (χ3v) is 3.69. The summed E-state index contributed by atoms with van der Waals surface area (Å²) < 4.78 is 0. The first-order valence-corrected chi connectivity index (χ1v) is 6.45. The lowest BCUT2D eigenvalue weighted by molar-refractivity contribution is -0.148. The molecule has 1 aliphatic rings. The molecule has 0 aromatic rings. The average molecular weight is 256 g/mol. The number of carbonyl (C=O) groups excluding carboxylic acids is 1. The number of rotatable bonds is 5. The van der Waals surface area contributed by atoms with Crippen molar-refractivity contribution in [2.75, 3.05) is 34.2 Å². The second kappa shape index (κ2) is 6.18. The van der Waals surface area contributed by atoms with Gasteiger partial charge >= 0.3 is 5.97 Å². The number of carbonyl (C=O) groups is 2. The summed E-state index contributed by atoms with van der Waals surface area (Å²) in [6.07, 6.45) is 1.31. The Balaban J connectivity index is 2.61. The van der Waals surface area contributed by atoms with Crippen LogP contribution in [0.5, 0.6) is 0 Å². The fourth-order valence-corrected chi connectivity index (χ4v) is 2.58. The average Bonchev–Trinajstić information content (AvgIpc) is 2.67. The quantitative estimate of drug-likeness (QED) is 0.788. The van der Waals surface area contributed by atoms with Crippen molar-refractivity contribution in [3.63, 3.8) is 0 Å². The normalized spacial score (nSPS) is 27.5. The van der Waals surface area contributed by atoms with Crippen LogP contribution in [0.25, 0.3) is 0 Å². The van der Waals surface area contributed by atoms with Gasteiger partial charge in [-0.05, 0) is 32.9 Å². The van der Waals surface area contributed by atoms with Gasteiger partial charge in [-0.25, -0.2) is 0 Å². The van der Waals surface area contributed by atoms with Crippen molar-refractivity contribution >= 4 is 11.9 Å². The second-order valence-electron chi connectivity index (χ2n) is 5.69. The summed E-state index contributed by atoms with van der Waals surface area (Å²) in [5, 5.41) is 9.17. The molecule has 0 heterocycles. The van der Waals surface area contributed by atoms with E-state index in [1.54, 1.807) is 11.9 Å². The van der Waals surface area contributed by atoms with Crippen molar-refractivity contribution in [1.82, 2.24) is 9.80 Å². The molecule has 0 saturated heterocycles. The number of likely N-dealkylation sites (N-methyl/N-ethyl adjacent to an activating group) is 2. The van der Waals surface area contributed by atoms with E-state index in [9.17, 15) is 14.7 Å². The fourth-order valence-electron chi connectivity index (χ4n) is 2.58. The predicted octanol–water partition coefficient (Wildman–Crippen LogP) is 0.753. The molecule has 1 N–H and O–H groups in total. The van der Waals surface area contributed by atoms with Gasteiger partial charge in [0.05, 0.1) is 11.8 Å². The van der Waals surface area contributed by atoms with Crippen LogP contribution in [-0.4, -0.2) is 61.0 Å². The van der Waals surface area contributed by atoms with E-state index in [2.05, 4.69) is 0 Å². The minimum atomic E-state index is -0.835. The van der Waals surface area contributed by atoms with Gasteiger partial charge in [-0.2, -0.15) is 0 Å². The van der Waals surface area contributed by atoms with Crippen LogP contribution in [0.3, 0.4) is 0 Å². The SMILES string of the molecule is CC1CC(C(=O)O)C(C(=O)N(C)CCN(C)C)C1. The molecule has 1 fully saturated rings. The largest absolute Gasteiger partial charge is 0.481 e. The summed E-state index contributed by atoms with van der Waals surface area (Å²) in [4.78, 5) is 27.1. The number of hydrogen-bond donors (Lipinski definition) is 1. The number of hydrogen-bond acceptors (Lipinski definition) is 3. The predicted molar refractivity (Wildman–Crippen MR) is 69.2 cm³/mol. The standard InChI is InChI=1S/C13H24N2O3/c1-9-7-10(11(8-9)13(17)18)12(16)15(4)6-5-14(2)3/h9-11H,5-8H2,1-4H3,(H,17,18). The molecule has 5 heteroatoms. The molecule has 1 saturated carbocycles. The van der Waals surface area contributed by atoms with Crippen LogP contribution in [0, 0.1) is 17.8 Å². The van der Waals surface area contributed by atoms with Crippen molar-refractivity contribution < 1.29 is 14.7 Å². The Labute approximate surface area is 109 Å². The van der Waals surface area contributed by atoms with Crippen molar-refractivity contribution in [2.45, 2.75) is 19.8 Å². The zero-order valence-corrected chi connectivity index (χ0v) is 11.7. The summed E-state index contributed by atoms with van der Waals surface area (Å²) >= 11 is 0. The minimum absolute atomic E-state index is 0.0198. The van der Waals surface area contributed by atoms with E-state index < -0.39 is 11.9 Å². The Bertz CT molecular complexity index is 317. The molecule has 0 radical (unpaired) electrons. The van der Waals surface area contributed by atoms with Gasteiger partial charge in [-0.3, -0.25) is 9.59 Å². The van der Waals surface area contributed by atoms with E-state index in [4.69, 9.17) is 0 Å². The first-order chi connectivity index (χ1) is 8.32. The Kier molecular flexibility index (Phi) is 5.14. The molecule has 1 aliphatic carbocycles. The lowest BCUT2D eigenvalue weighted by atomic mass is 9.95. The molecular weight excluding hydrogens is 232 g/mol. The molecule has 1 amide bonds. The molecule has 0 aromatic heterocycles. The van der Waals surface area contributed by atoms with Crippen molar-refractivity contribution in [2.24, 2.45) is 17.8 Å². The van der Waals surface area contributed by atoms with Crippen molar-refractivity contribution in [1.29, 1.82) is 0 Å². The number of amides is 1. The fraction of sp³-hybridized carbons (Fsp3) is 0.846. The molecule has 104 valence electrons. The third kappa shape index (κ3) is 3.70. The van der Waals surface area contributed by atoms with E-state index in [1.807, 2.05) is 25.9 Å². The highest BCUT2D eigenvalue weighted by molar-refractivity contribution is 5.85. The molecule has 0 aliphatic heterocycles. The lowest BCUT2D eigenvalue weighted by Crippen LogP contribution is -2.39. The molecular formula is C13H24N2O3. The maximum absolute atomic E-state index is 12.3. The highest BCUT2D eigenvalue weighted by Crippen LogP contribution is 2.37. The van der Waals surface area contributed by atoms with E-state index in [-0.39, 0.29) is 11.8 Å². The minimum Gasteiger partial charge on any atom is -0.481 e. The van der Waals surface area contributed by atoms with E-state index in [1.165, 1.54) is 0 Å². The van der Waals surface area contributed by atoms with Crippen LogP contribution in [0.2, 0.25) is 0 Å². The summed E-state index contributed by atoms with van der Waals surface area (Å²) in [7, 11) is 5.67. The zero-order chi connectivity index (χ0) is 13.9. The highest BCUT2D eigenvalue weighted by Gasteiger charge is 2.42. The number of aliphatic carboxylic acids is 1. The van der Waals surface area contributed by atoms with Crippen LogP contribution in [0.1, 0.15) is 19.8 Å². The highest BCUT2D eigenvalue weighted by atomic mass is 16.4. The molecule has 3 unspecified atom stereocenters. The van der Waals surface area contributed by atoms with Crippen molar-refractivity contribution in [3.8, 4) is 0 Å². The number of carboxylic acid groups (broad SMARTS) is 1. The summed E-state index contributed by atoms with van der Waals surface area (Å²) in [5.41, 5.74) is 0. The number of carboxylic acids is 1. The summed E-state index contributed by atoms with van der Waals surface area (Å²) in [6, 6.07) is 0. The Morgan fingerprint density at radius 2 is 1.67 bits per heavy atom. The van der Waals surface area contributed by atoms with Gasteiger partial charge in [0.2, 0.25) is 5.91 Å². The molecule has 1 rings (SSSR count). The topological polar surface area (TPSA) is 60.9 Å². The van der Waals surface area contributed by atoms with Crippen LogP contribution in [-0.2, 0) is 9.59 Å². The van der Waals surface area contributed by atoms with Crippen LogP contribution < -0.4 is 0 Å². The molecule has 0 bridgehead atoms. The summed E-state index contributed by atoms with van der Waals surface area (Å²) in [6.45, 7) is 3.45. The monoisotopic (exact) mass is 256 g/mol. The van der Waals surface area contributed by atoms with Gasteiger partial charge in [0, 0.05) is 20.1 Å². The van der Waals surface area contributed by atoms with Gasteiger partial charge in [0.25, 0.3) is 0 Å². The van der Waals surface area contributed by atoms with E-state index in [0.717, 1.165) is 6.54 Å². The van der Waals surface area contributed by atoms with Crippen LogP contribution >= 0.6 is 0 Å². The Morgan fingerprint density at radius 3 is 2.17 bits per heavy atom. The van der Waals surface area contributed by atoms with Gasteiger partial charge < -0.3 is 14.9 Å². The maximum Gasteiger partial charge on any atom is 0.307 e.